The van der Waals surface area contributed by atoms with Crippen molar-refractivity contribution in [3.8, 4) is 0 Å². The predicted octanol–water partition coefficient (Wildman–Crippen LogP) is 5.67. The van der Waals surface area contributed by atoms with Crippen molar-refractivity contribution >= 4 is 23.4 Å². The first kappa shape index (κ1) is 33.4. The molecule has 2 amide bonds. The fourth-order valence-corrected chi connectivity index (χ4v) is 5.68. The van der Waals surface area contributed by atoms with Crippen LogP contribution in [-0.2, 0) is 28.7 Å². The number of carbonyl (C=O) groups excluding carboxylic acids is 2. The molecule has 2 aromatic rings. The minimum absolute atomic E-state index is 0.0234. The molecule has 228 valence electrons. The van der Waals surface area contributed by atoms with Gasteiger partial charge < -0.3 is 21.1 Å². The molecule has 4 N–H and O–H groups in total. The van der Waals surface area contributed by atoms with Crippen LogP contribution < -0.4 is 11.1 Å². The molecule has 42 heavy (non-hydrogen) atoms. The maximum Gasteiger partial charge on any atom is 0.416 e. The van der Waals surface area contributed by atoms with E-state index in [1.54, 1.807) is 23.1 Å². The van der Waals surface area contributed by atoms with E-state index in [0.717, 1.165) is 30.5 Å². The minimum atomic E-state index is -4.52. The number of halogens is 4. The number of allylic oxidation sites excluding steroid dienone is 2. The number of aliphatic hydroxyl groups excluding tert-OH is 1. The second-order valence-corrected chi connectivity index (χ2v) is 11.1. The Balaban J connectivity index is 1.89. The van der Waals surface area contributed by atoms with Crippen LogP contribution in [0, 0.1) is 11.3 Å². The molecule has 0 saturated carbocycles. The molecule has 3 atom stereocenters. The molecule has 1 aliphatic rings. The van der Waals surface area contributed by atoms with E-state index in [0.29, 0.717) is 18.7 Å². The topological polar surface area (TPSA) is 95.7 Å². The number of carbonyl (C=O) groups is 2. The van der Waals surface area contributed by atoms with Gasteiger partial charge >= 0.3 is 6.18 Å². The molecule has 1 unspecified atom stereocenters. The number of aliphatic hydroxyl groups is 1. The molecule has 0 spiro atoms. The highest BCUT2D eigenvalue weighted by molar-refractivity contribution is 6.31. The molecular formula is C32H39ClF3N3O3. The van der Waals surface area contributed by atoms with Crippen molar-refractivity contribution in [3.63, 3.8) is 0 Å². The van der Waals surface area contributed by atoms with Crippen LogP contribution in [0.3, 0.4) is 0 Å². The van der Waals surface area contributed by atoms with Crippen molar-refractivity contribution in [2.24, 2.45) is 17.1 Å². The number of benzene rings is 2. The molecule has 0 bridgehead atoms. The Labute approximate surface area is 250 Å². The molecule has 0 saturated heterocycles. The van der Waals surface area contributed by atoms with Gasteiger partial charge in [-0.3, -0.25) is 9.59 Å². The number of nitrogens with one attached hydrogen (secondary N) is 1. The molecule has 2 aromatic carbocycles. The lowest BCUT2D eigenvalue weighted by Crippen LogP contribution is -2.51. The number of rotatable bonds is 14. The summed E-state index contributed by atoms with van der Waals surface area (Å²) in [4.78, 5) is 28.5. The van der Waals surface area contributed by atoms with E-state index in [1.165, 1.54) is 6.07 Å². The number of alkyl halides is 3. The van der Waals surface area contributed by atoms with Gasteiger partial charge in [0.1, 0.15) is 0 Å². The molecule has 0 radical (unpaired) electrons. The Morgan fingerprint density at radius 1 is 1.12 bits per heavy atom. The zero-order chi connectivity index (χ0) is 30.9. The molecule has 0 heterocycles. The van der Waals surface area contributed by atoms with E-state index >= 15 is 0 Å². The second kappa shape index (κ2) is 14.8. The first-order valence-electron chi connectivity index (χ1n) is 14.2. The summed E-state index contributed by atoms with van der Waals surface area (Å²) in [6.45, 7) is 5.04. The maximum absolute atomic E-state index is 13.5. The smallest absolute Gasteiger partial charge is 0.391 e. The lowest BCUT2D eigenvalue weighted by Gasteiger charge is -2.41. The van der Waals surface area contributed by atoms with Gasteiger partial charge in [0.2, 0.25) is 11.8 Å². The lowest BCUT2D eigenvalue weighted by molar-refractivity contribution is -0.137. The van der Waals surface area contributed by atoms with Gasteiger partial charge in [-0.05, 0) is 55.0 Å². The molecule has 0 aromatic heterocycles. The number of hydrogen-bond acceptors (Lipinski definition) is 4. The van der Waals surface area contributed by atoms with Gasteiger partial charge in [0, 0.05) is 42.7 Å². The number of hydrogen-bond donors (Lipinski definition) is 3. The van der Waals surface area contributed by atoms with Crippen LogP contribution in [0.1, 0.15) is 49.8 Å². The molecule has 10 heteroatoms. The fraction of sp³-hybridized carbons (Fsp3) is 0.438. The largest absolute Gasteiger partial charge is 0.416 e. The van der Waals surface area contributed by atoms with Gasteiger partial charge in [-0.25, -0.2) is 0 Å². The first-order valence-corrected chi connectivity index (χ1v) is 14.6. The van der Waals surface area contributed by atoms with E-state index in [2.05, 4.69) is 5.32 Å². The van der Waals surface area contributed by atoms with Crippen LogP contribution in [0.4, 0.5) is 13.2 Å². The van der Waals surface area contributed by atoms with Crippen molar-refractivity contribution in [1.82, 2.24) is 10.2 Å². The number of nitrogens with two attached hydrogens (primary N) is 1. The summed E-state index contributed by atoms with van der Waals surface area (Å²) in [5, 5.41) is 14.7. The van der Waals surface area contributed by atoms with Crippen molar-refractivity contribution in [2.45, 2.75) is 58.4 Å². The fourth-order valence-electron chi connectivity index (χ4n) is 5.49. The molecule has 0 aliphatic heterocycles. The van der Waals surface area contributed by atoms with Gasteiger partial charge in [0.25, 0.3) is 0 Å². The second-order valence-electron chi connectivity index (χ2n) is 10.7. The van der Waals surface area contributed by atoms with E-state index < -0.39 is 35.1 Å². The number of amides is 2. The summed E-state index contributed by atoms with van der Waals surface area (Å²) < 4.78 is 39.7. The zero-order valence-corrected chi connectivity index (χ0v) is 24.7. The van der Waals surface area contributed by atoms with E-state index in [9.17, 15) is 27.9 Å². The van der Waals surface area contributed by atoms with Gasteiger partial charge in [0.15, 0.2) is 0 Å². The van der Waals surface area contributed by atoms with Crippen LogP contribution >= 0.6 is 11.6 Å². The highest BCUT2D eigenvalue weighted by Gasteiger charge is 2.47. The van der Waals surface area contributed by atoms with Crippen LogP contribution in [0.2, 0.25) is 5.02 Å². The van der Waals surface area contributed by atoms with E-state index in [-0.39, 0.29) is 42.4 Å². The van der Waals surface area contributed by atoms with Gasteiger partial charge in [-0.2, -0.15) is 13.2 Å². The maximum atomic E-state index is 13.5. The molecule has 3 rings (SSSR count). The van der Waals surface area contributed by atoms with Crippen molar-refractivity contribution in [3.05, 3.63) is 94.0 Å². The summed E-state index contributed by atoms with van der Waals surface area (Å²) in [5.41, 5.74) is 5.37. The van der Waals surface area contributed by atoms with Gasteiger partial charge in [-0.1, -0.05) is 74.0 Å². The van der Waals surface area contributed by atoms with Crippen LogP contribution in [0.5, 0.6) is 0 Å². The normalized spacial score (nSPS) is 18.3. The summed E-state index contributed by atoms with van der Waals surface area (Å²) in [5.74, 6) is -1.59. The zero-order valence-electron chi connectivity index (χ0n) is 24.0. The van der Waals surface area contributed by atoms with Crippen LogP contribution in [0.25, 0.3) is 0 Å². The highest BCUT2D eigenvalue weighted by atomic mass is 35.5. The Hall–Kier alpha value is -3.14. The summed E-state index contributed by atoms with van der Waals surface area (Å²) in [6.07, 6.45) is 1.21. The highest BCUT2D eigenvalue weighted by Crippen LogP contribution is 2.43. The van der Waals surface area contributed by atoms with Crippen molar-refractivity contribution < 1.29 is 27.9 Å². The van der Waals surface area contributed by atoms with Crippen LogP contribution in [-0.4, -0.2) is 47.6 Å². The summed E-state index contributed by atoms with van der Waals surface area (Å²) in [7, 11) is 0. The average Bonchev–Trinajstić information content (AvgIpc) is 2.96. The molecule has 0 fully saturated rings. The molecular weight excluding hydrogens is 567 g/mol. The SMILES string of the molecule is CCCN(CCC)C(=O)C1=CC=CC(C(N)=O)([C@H](Cc2ccccc2)[C@@H](O)CNCc2cc(C(F)(F)F)ccc2Cl)C1. The lowest BCUT2D eigenvalue weighted by atomic mass is 9.64. The third-order valence-corrected chi connectivity index (χ3v) is 8.02. The predicted molar refractivity (Wildman–Crippen MR) is 158 cm³/mol. The summed E-state index contributed by atoms with van der Waals surface area (Å²) in [6, 6.07) is 12.4. The Bertz CT molecular complexity index is 1280. The third-order valence-electron chi connectivity index (χ3n) is 7.65. The standard InChI is InChI=1S/C32H39ClF3N3O3/c1-3-15-39(16-4-2)29(41)23-11-8-14-31(19-23,30(37)42)26(17-22-9-6-5-7-10-22)28(40)21-38-20-24-18-25(32(34,35)36)12-13-27(24)33/h5-14,18,26,28,38,40H,3-4,15-17,19-21H2,1-2H3,(H2,37,42)/t26-,28+,31?/m1/s1. The molecule has 1 aliphatic carbocycles. The van der Waals surface area contributed by atoms with Crippen LogP contribution in [0.15, 0.2) is 72.3 Å². The average molecular weight is 606 g/mol. The van der Waals surface area contributed by atoms with E-state index in [4.69, 9.17) is 17.3 Å². The first-order chi connectivity index (χ1) is 19.9. The Morgan fingerprint density at radius 3 is 2.38 bits per heavy atom. The monoisotopic (exact) mass is 605 g/mol. The van der Waals surface area contributed by atoms with Crippen molar-refractivity contribution in [1.29, 1.82) is 0 Å². The van der Waals surface area contributed by atoms with Crippen molar-refractivity contribution in [2.75, 3.05) is 19.6 Å². The number of nitrogens with zero attached hydrogens (tertiary/aromatic N) is 1. The quantitative estimate of drug-likeness (QED) is 0.258. The Kier molecular flexibility index (Phi) is 11.8. The Morgan fingerprint density at radius 2 is 1.79 bits per heavy atom. The van der Waals surface area contributed by atoms with Gasteiger partial charge in [-0.15, -0.1) is 0 Å². The minimum Gasteiger partial charge on any atom is -0.391 e. The number of primary amides is 1. The summed E-state index contributed by atoms with van der Waals surface area (Å²) >= 11 is 6.15. The van der Waals surface area contributed by atoms with E-state index in [1.807, 2.05) is 44.2 Å². The van der Waals surface area contributed by atoms with Gasteiger partial charge in [0.05, 0.1) is 17.1 Å². The molecule has 6 nitrogen and oxygen atoms in total. The third kappa shape index (κ3) is 8.24.